The van der Waals surface area contributed by atoms with E-state index >= 15 is 0 Å². The SMILES string of the molecule is CN(c1ccc(F)cc1)c1cc2c(cc1N)NC(=O)CC2. The molecule has 0 fully saturated rings. The maximum atomic E-state index is 13.0. The van der Waals surface area contributed by atoms with Gasteiger partial charge in [-0.25, -0.2) is 4.39 Å². The van der Waals surface area contributed by atoms with Crippen molar-refractivity contribution in [1.29, 1.82) is 0 Å². The summed E-state index contributed by atoms with van der Waals surface area (Å²) in [6, 6.07) is 10.0. The number of hydrogen-bond donors (Lipinski definition) is 2. The van der Waals surface area contributed by atoms with Crippen molar-refractivity contribution in [2.24, 2.45) is 0 Å². The van der Waals surface area contributed by atoms with Gasteiger partial charge in [-0.15, -0.1) is 0 Å². The van der Waals surface area contributed by atoms with Crippen LogP contribution >= 0.6 is 0 Å². The van der Waals surface area contributed by atoms with E-state index in [0.29, 0.717) is 18.5 Å². The maximum Gasteiger partial charge on any atom is 0.224 e. The summed E-state index contributed by atoms with van der Waals surface area (Å²) in [4.78, 5) is 13.3. The van der Waals surface area contributed by atoms with Crippen LogP contribution < -0.4 is 16.0 Å². The molecule has 0 saturated carbocycles. The molecule has 3 N–H and O–H groups in total. The van der Waals surface area contributed by atoms with Gasteiger partial charge in [0, 0.05) is 24.8 Å². The normalized spacial score (nSPS) is 13.5. The van der Waals surface area contributed by atoms with Gasteiger partial charge in [0.2, 0.25) is 5.91 Å². The highest BCUT2D eigenvalue weighted by molar-refractivity contribution is 5.96. The molecule has 5 heteroatoms. The molecule has 0 aromatic heterocycles. The first-order valence-electron chi connectivity index (χ1n) is 6.76. The average Bonchev–Trinajstić information content (AvgIpc) is 2.46. The van der Waals surface area contributed by atoms with Crippen molar-refractivity contribution in [1.82, 2.24) is 0 Å². The van der Waals surface area contributed by atoms with Gasteiger partial charge >= 0.3 is 0 Å². The number of halogens is 1. The Kier molecular flexibility index (Phi) is 3.25. The number of carbonyl (C=O) groups is 1. The summed E-state index contributed by atoms with van der Waals surface area (Å²) < 4.78 is 13.0. The number of amides is 1. The van der Waals surface area contributed by atoms with Crippen LogP contribution in [0.4, 0.5) is 27.1 Å². The highest BCUT2D eigenvalue weighted by Crippen LogP contribution is 2.35. The zero-order valence-corrected chi connectivity index (χ0v) is 11.7. The Balaban J connectivity index is 1.98. The number of hydrogen-bond acceptors (Lipinski definition) is 3. The molecule has 108 valence electrons. The van der Waals surface area contributed by atoms with Gasteiger partial charge in [-0.3, -0.25) is 4.79 Å². The summed E-state index contributed by atoms with van der Waals surface area (Å²) in [5.41, 5.74) is 10.2. The number of nitrogen functional groups attached to an aromatic ring is 1. The molecule has 0 bridgehead atoms. The molecule has 1 aliphatic heterocycles. The molecule has 3 rings (SSSR count). The Morgan fingerprint density at radius 1 is 1.19 bits per heavy atom. The minimum Gasteiger partial charge on any atom is -0.397 e. The van der Waals surface area contributed by atoms with Crippen molar-refractivity contribution in [2.75, 3.05) is 23.0 Å². The van der Waals surface area contributed by atoms with Gasteiger partial charge in [-0.1, -0.05) is 0 Å². The summed E-state index contributed by atoms with van der Waals surface area (Å²) >= 11 is 0. The predicted molar refractivity (Wildman–Crippen MR) is 82.3 cm³/mol. The molecular weight excluding hydrogens is 269 g/mol. The van der Waals surface area contributed by atoms with Crippen LogP contribution in [0.1, 0.15) is 12.0 Å². The van der Waals surface area contributed by atoms with E-state index in [1.807, 2.05) is 18.0 Å². The van der Waals surface area contributed by atoms with Crippen molar-refractivity contribution in [3.05, 3.63) is 47.8 Å². The highest BCUT2D eigenvalue weighted by Gasteiger charge is 2.18. The van der Waals surface area contributed by atoms with Gasteiger partial charge in [0.15, 0.2) is 0 Å². The molecule has 0 saturated heterocycles. The van der Waals surface area contributed by atoms with Crippen LogP contribution in [0.25, 0.3) is 0 Å². The van der Waals surface area contributed by atoms with E-state index in [1.165, 1.54) is 12.1 Å². The summed E-state index contributed by atoms with van der Waals surface area (Å²) in [5.74, 6) is -0.255. The Labute approximate surface area is 122 Å². The van der Waals surface area contributed by atoms with Crippen LogP contribution in [-0.4, -0.2) is 13.0 Å². The number of rotatable bonds is 2. The van der Waals surface area contributed by atoms with E-state index in [0.717, 1.165) is 22.6 Å². The molecule has 21 heavy (non-hydrogen) atoms. The second-order valence-electron chi connectivity index (χ2n) is 5.15. The molecule has 1 amide bonds. The van der Waals surface area contributed by atoms with Crippen LogP contribution in [0.5, 0.6) is 0 Å². The minimum atomic E-state index is -0.270. The lowest BCUT2D eigenvalue weighted by atomic mass is 10.0. The second-order valence-corrected chi connectivity index (χ2v) is 5.15. The molecule has 0 atom stereocenters. The second kappa shape index (κ2) is 5.09. The molecule has 2 aromatic carbocycles. The number of aryl methyl sites for hydroxylation is 1. The lowest BCUT2D eigenvalue weighted by Gasteiger charge is -2.25. The van der Waals surface area contributed by atoms with E-state index in [4.69, 9.17) is 5.73 Å². The van der Waals surface area contributed by atoms with Gasteiger partial charge in [-0.05, 0) is 48.4 Å². The van der Waals surface area contributed by atoms with Gasteiger partial charge in [0.1, 0.15) is 5.82 Å². The predicted octanol–water partition coefficient (Wildman–Crippen LogP) is 3.06. The third-order valence-electron chi connectivity index (χ3n) is 3.72. The van der Waals surface area contributed by atoms with Crippen LogP contribution in [-0.2, 0) is 11.2 Å². The first kappa shape index (κ1) is 13.4. The smallest absolute Gasteiger partial charge is 0.224 e. The Bertz CT molecular complexity index is 697. The van der Waals surface area contributed by atoms with Crippen LogP contribution in [0.3, 0.4) is 0 Å². The number of benzene rings is 2. The Hall–Kier alpha value is -2.56. The van der Waals surface area contributed by atoms with Crippen LogP contribution in [0.2, 0.25) is 0 Å². The highest BCUT2D eigenvalue weighted by atomic mass is 19.1. The molecule has 2 aromatic rings. The molecule has 0 spiro atoms. The number of nitrogens with two attached hydrogens (primary N) is 1. The van der Waals surface area contributed by atoms with Crippen molar-refractivity contribution in [3.63, 3.8) is 0 Å². The number of nitrogens with zero attached hydrogens (tertiary/aromatic N) is 1. The van der Waals surface area contributed by atoms with Crippen molar-refractivity contribution < 1.29 is 9.18 Å². The standard InChI is InChI=1S/C16H16FN3O/c1-20(12-5-3-11(17)4-6-12)15-8-10-2-7-16(21)19-14(10)9-13(15)18/h3-6,8-9H,2,7,18H2,1H3,(H,19,21). The van der Waals surface area contributed by atoms with Gasteiger partial charge < -0.3 is 16.0 Å². The fraction of sp³-hybridized carbons (Fsp3) is 0.188. The Morgan fingerprint density at radius 2 is 1.90 bits per heavy atom. The maximum absolute atomic E-state index is 13.0. The van der Waals surface area contributed by atoms with E-state index < -0.39 is 0 Å². The molecular formula is C16H16FN3O. The van der Waals surface area contributed by atoms with Crippen LogP contribution in [0.15, 0.2) is 36.4 Å². The lowest BCUT2D eigenvalue weighted by molar-refractivity contribution is -0.116. The van der Waals surface area contributed by atoms with E-state index in [1.54, 1.807) is 18.2 Å². The van der Waals surface area contributed by atoms with Gasteiger partial charge in [0.05, 0.1) is 11.4 Å². The first-order chi connectivity index (χ1) is 10.0. The molecule has 1 aliphatic rings. The molecule has 0 aliphatic carbocycles. The van der Waals surface area contributed by atoms with E-state index in [9.17, 15) is 9.18 Å². The van der Waals surface area contributed by atoms with Crippen molar-refractivity contribution in [2.45, 2.75) is 12.8 Å². The number of fused-ring (bicyclic) bond motifs is 1. The van der Waals surface area contributed by atoms with Crippen LogP contribution in [0, 0.1) is 5.82 Å². The van der Waals surface area contributed by atoms with Gasteiger partial charge in [0.25, 0.3) is 0 Å². The van der Waals surface area contributed by atoms with E-state index in [2.05, 4.69) is 5.32 Å². The third kappa shape index (κ3) is 2.54. The average molecular weight is 285 g/mol. The molecule has 0 radical (unpaired) electrons. The number of anilines is 4. The largest absolute Gasteiger partial charge is 0.397 e. The van der Waals surface area contributed by atoms with Crippen molar-refractivity contribution >= 4 is 28.7 Å². The fourth-order valence-corrected chi connectivity index (χ4v) is 2.53. The zero-order valence-electron chi connectivity index (χ0n) is 11.7. The fourth-order valence-electron chi connectivity index (χ4n) is 2.53. The topological polar surface area (TPSA) is 58.4 Å². The summed E-state index contributed by atoms with van der Waals surface area (Å²) in [6.45, 7) is 0. The first-order valence-corrected chi connectivity index (χ1v) is 6.76. The molecule has 4 nitrogen and oxygen atoms in total. The quantitative estimate of drug-likeness (QED) is 0.834. The van der Waals surface area contributed by atoms with Crippen molar-refractivity contribution in [3.8, 4) is 0 Å². The summed E-state index contributed by atoms with van der Waals surface area (Å²) in [6.07, 6.45) is 1.18. The Morgan fingerprint density at radius 3 is 2.62 bits per heavy atom. The third-order valence-corrected chi connectivity index (χ3v) is 3.72. The summed E-state index contributed by atoms with van der Waals surface area (Å²) in [7, 11) is 1.88. The molecule has 0 unspecified atom stereocenters. The lowest BCUT2D eigenvalue weighted by Crippen LogP contribution is -2.20. The monoisotopic (exact) mass is 285 g/mol. The zero-order chi connectivity index (χ0) is 15.0. The molecule has 1 heterocycles. The number of nitrogens with one attached hydrogen (secondary N) is 1. The van der Waals surface area contributed by atoms with Gasteiger partial charge in [-0.2, -0.15) is 0 Å². The number of carbonyl (C=O) groups excluding carboxylic acids is 1. The minimum absolute atomic E-state index is 0.0153. The summed E-state index contributed by atoms with van der Waals surface area (Å²) in [5, 5.41) is 2.83. The van der Waals surface area contributed by atoms with E-state index in [-0.39, 0.29) is 11.7 Å².